The highest BCUT2D eigenvalue weighted by Crippen LogP contribution is 2.20. The minimum Gasteiger partial charge on any atom is -0.340 e. The number of nitrogens with one attached hydrogen (secondary N) is 1. The van der Waals surface area contributed by atoms with Crippen LogP contribution in [0.4, 0.5) is 17.5 Å². The molecule has 0 saturated carbocycles. The summed E-state index contributed by atoms with van der Waals surface area (Å²) < 4.78 is 0. The van der Waals surface area contributed by atoms with Crippen LogP contribution < -0.4 is 10.2 Å². The summed E-state index contributed by atoms with van der Waals surface area (Å²) in [6, 6.07) is 10.2. The number of hydrogen-bond donors (Lipinski definition) is 1. The third kappa shape index (κ3) is 5.18. The predicted molar refractivity (Wildman–Crippen MR) is 110 cm³/mol. The van der Waals surface area contributed by atoms with E-state index >= 15 is 0 Å². The molecular weight excluding hydrogens is 338 g/mol. The van der Waals surface area contributed by atoms with Gasteiger partial charge in [0.25, 0.3) is 0 Å². The zero-order chi connectivity index (χ0) is 19.2. The molecule has 1 aliphatic heterocycles. The monoisotopic (exact) mass is 367 g/mol. The van der Waals surface area contributed by atoms with Crippen molar-refractivity contribution in [2.45, 2.75) is 40.0 Å². The summed E-state index contributed by atoms with van der Waals surface area (Å²) >= 11 is 0. The van der Waals surface area contributed by atoms with Crippen molar-refractivity contribution in [1.82, 2.24) is 14.9 Å². The van der Waals surface area contributed by atoms with Gasteiger partial charge in [-0.1, -0.05) is 31.0 Å². The lowest BCUT2D eigenvalue weighted by atomic mass is 10.2. The number of carbonyl (C=O) groups is 1. The molecule has 0 atom stereocenters. The van der Waals surface area contributed by atoms with Crippen LogP contribution in [0.2, 0.25) is 0 Å². The Labute approximate surface area is 161 Å². The highest BCUT2D eigenvalue weighted by Gasteiger charge is 2.22. The zero-order valence-electron chi connectivity index (χ0n) is 16.5. The van der Waals surface area contributed by atoms with E-state index in [2.05, 4.69) is 41.2 Å². The van der Waals surface area contributed by atoms with Crippen LogP contribution in [0.15, 0.2) is 30.3 Å². The van der Waals surface area contributed by atoms with Gasteiger partial charge in [0.1, 0.15) is 5.82 Å². The number of piperazine rings is 1. The first-order valence-electron chi connectivity index (χ1n) is 9.77. The normalized spacial score (nSPS) is 14.3. The van der Waals surface area contributed by atoms with Crippen LogP contribution >= 0.6 is 0 Å². The van der Waals surface area contributed by atoms with Gasteiger partial charge in [-0.2, -0.15) is 4.98 Å². The second-order valence-electron chi connectivity index (χ2n) is 7.16. The molecule has 0 spiro atoms. The number of carbonyl (C=O) groups excluding carboxylic acids is 1. The number of aromatic nitrogens is 2. The Hall–Kier alpha value is -2.63. The molecule has 144 valence electrons. The van der Waals surface area contributed by atoms with E-state index in [4.69, 9.17) is 4.98 Å². The van der Waals surface area contributed by atoms with E-state index in [1.54, 1.807) is 0 Å². The smallest absolute Gasteiger partial charge is 0.227 e. The molecule has 27 heavy (non-hydrogen) atoms. The van der Waals surface area contributed by atoms with Gasteiger partial charge >= 0.3 is 0 Å². The molecule has 2 heterocycles. The van der Waals surface area contributed by atoms with Gasteiger partial charge in [-0.15, -0.1) is 0 Å². The SMILES string of the molecule is CCCCC(=O)N1CCN(c2nc(C)cc(Nc3ccc(C)cc3)n2)CC1. The molecule has 1 N–H and O–H groups in total. The Kier molecular flexibility index (Phi) is 6.27. The maximum absolute atomic E-state index is 12.2. The number of unbranched alkanes of at least 4 members (excludes halogenated alkanes) is 1. The van der Waals surface area contributed by atoms with Gasteiger partial charge in [-0.3, -0.25) is 4.79 Å². The maximum Gasteiger partial charge on any atom is 0.227 e. The summed E-state index contributed by atoms with van der Waals surface area (Å²) in [5.74, 6) is 1.79. The molecule has 1 aliphatic rings. The van der Waals surface area contributed by atoms with E-state index in [0.29, 0.717) is 6.42 Å². The van der Waals surface area contributed by atoms with Crippen molar-refractivity contribution in [3.8, 4) is 0 Å². The molecule has 1 saturated heterocycles. The number of anilines is 3. The van der Waals surface area contributed by atoms with Crippen molar-refractivity contribution >= 4 is 23.4 Å². The van der Waals surface area contributed by atoms with E-state index in [9.17, 15) is 4.79 Å². The van der Waals surface area contributed by atoms with Crippen LogP contribution in [-0.4, -0.2) is 47.0 Å². The van der Waals surface area contributed by atoms with Gasteiger partial charge in [0.2, 0.25) is 11.9 Å². The van der Waals surface area contributed by atoms with Crippen molar-refractivity contribution in [2.75, 3.05) is 36.4 Å². The van der Waals surface area contributed by atoms with E-state index in [0.717, 1.165) is 62.2 Å². The number of nitrogens with zero attached hydrogens (tertiary/aromatic N) is 4. The topological polar surface area (TPSA) is 61.4 Å². The minimum atomic E-state index is 0.267. The fourth-order valence-electron chi connectivity index (χ4n) is 3.19. The minimum absolute atomic E-state index is 0.267. The molecule has 6 heteroatoms. The fraction of sp³-hybridized carbons (Fsp3) is 0.476. The Morgan fingerprint density at radius 3 is 2.44 bits per heavy atom. The molecular formula is C21H29N5O. The van der Waals surface area contributed by atoms with Crippen LogP contribution in [0.5, 0.6) is 0 Å². The van der Waals surface area contributed by atoms with Gasteiger partial charge < -0.3 is 15.1 Å². The summed E-state index contributed by atoms with van der Waals surface area (Å²) in [6.07, 6.45) is 2.68. The molecule has 1 aromatic heterocycles. The highest BCUT2D eigenvalue weighted by molar-refractivity contribution is 5.76. The number of benzene rings is 1. The second kappa shape index (κ2) is 8.84. The van der Waals surface area contributed by atoms with Crippen molar-refractivity contribution < 1.29 is 4.79 Å². The van der Waals surface area contributed by atoms with Crippen LogP contribution in [0.1, 0.15) is 37.4 Å². The van der Waals surface area contributed by atoms with Crippen molar-refractivity contribution in [1.29, 1.82) is 0 Å². The molecule has 0 unspecified atom stereocenters. The molecule has 2 aromatic rings. The van der Waals surface area contributed by atoms with E-state index in [1.165, 1.54) is 5.56 Å². The van der Waals surface area contributed by atoms with Crippen LogP contribution in [0.3, 0.4) is 0 Å². The Balaban J connectivity index is 1.64. The van der Waals surface area contributed by atoms with E-state index in [1.807, 2.05) is 30.0 Å². The Morgan fingerprint density at radius 1 is 1.07 bits per heavy atom. The molecule has 1 fully saturated rings. The standard InChI is InChI=1S/C21H29N5O/c1-4-5-6-20(27)25-11-13-26(14-12-25)21-22-17(3)15-19(24-21)23-18-9-7-16(2)8-10-18/h7-10,15H,4-6,11-14H2,1-3H3,(H,22,23,24). The van der Waals surface area contributed by atoms with Gasteiger partial charge in [0.05, 0.1) is 0 Å². The van der Waals surface area contributed by atoms with Crippen molar-refractivity contribution in [2.24, 2.45) is 0 Å². The summed E-state index contributed by atoms with van der Waals surface area (Å²) in [7, 11) is 0. The number of amides is 1. The summed E-state index contributed by atoms with van der Waals surface area (Å²) in [5, 5.41) is 3.36. The lowest BCUT2D eigenvalue weighted by Crippen LogP contribution is -2.49. The average molecular weight is 367 g/mol. The number of hydrogen-bond acceptors (Lipinski definition) is 5. The lowest BCUT2D eigenvalue weighted by Gasteiger charge is -2.35. The van der Waals surface area contributed by atoms with Crippen LogP contribution in [0.25, 0.3) is 0 Å². The number of aryl methyl sites for hydroxylation is 2. The molecule has 0 bridgehead atoms. The first kappa shape index (κ1) is 19.1. The second-order valence-corrected chi connectivity index (χ2v) is 7.16. The van der Waals surface area contributed by atoms with Crippen molar-refractivity contribution in [3.63, 3.8) is 0 Å². The van der Waals surface area contributed by atoms with E-state index in [-0.39, 0.29) is 5.91 Å². The van der Waals surface area contributed by atoms with Crippen LogP contribution in [-0.2, 0) is 4.79 Å². The fourth-order valence-corrected chi connectivity index (χ4v) is 3.19. The Morgan fingerprint density at radius 2 is 1.78 bits per heavy atom. The summed E-state index contributed by atoms with van der Waals surface area (Å²) in [5.41, 5.74) is 3.17. The largest absolute Gasteiger partial charge is 0.340 e. The van der Waals surface area contributed by atoms with Crippen molar-refractivity contribution in [3.05, 3.63) is 41.6 Å². The third-order valence-electron chi connectivity index (χ3n) is 4.83. The Bertz CT molecular complexity index is 767. The first-order chi connectivity index (χ1) is 13.0. The molecule has 3 rings (SSSR count). The molecule has 6 nitrogen and oxygen atoms in total. The quantitative estimate of drug-likeness (QED) is 0.844. The highest BCUT2D eigenvalue weighted by atomic mass is 16.2. The maximum atomic E-state index is 12.2. The van der Waals surface area contributed by atoms with Gasteiger partial charge in [-0.05, 0) is 32.4 Å². The first-order valence-corrected chi connectivity index (χ1v) is 9.77. The zero-order valence-corrected chi connectivity index (χ0v) is 16.5. The third-order valence-corrected chi connectivity index (χ3v) is 4.83. The van der Waals surface area contributed by atoms with E-state index < -0.39 is 0 Å². The van der Waals surface area contributed by atoms with Gasteiger partial charge in [-0.25, -0.2) is 4.98 Å². The van der Waals surface area contributed by atoms with Gasteiger partial charge in [0, 0.05) is 50.0 Å². The summed E-state index contributed by atoms with van der Waals surface area (Å²) in [4.78, 5) is 25.6. The molecule has 1 amide bonds. The molecule has 0 radical (unpaired) electrons. The lowest BCUT2D eigenvalue weighted by molar-refractivity contribution is -0.131. The van der Waals surface area contributed by atoms with Gasteiger partial charge in [0.15, 0.2) is 0 Å². The molecule has 0 aliphatic carbocycles. The average Bonchev–Trinajstić information content (AvgIpc) is 2.67. The summed E-state index contributed by atoms with van der Waals surface area (Å²) in [6.45, 7) is 9.18. The van der Waals surface area contributed by atoms with Crippen LogP contribution in [0, 0.1) is 13.8 Å². The predicted octanol–water partition coefficient (Wildman–Crippen LogP) is 3.68. The molecule has 1 aromatic carbocycles. The number of rotatable bonds is 6.